The molecular weight excluding hydrogens is 269 g/mol. The molecule has 0 unspecified atom stereocenters. The summed E-state index contributed by atoms with van der Waals surface area (Å²) in [5, 5.41) is 2.41. The van der Waals surface area contributed by atoms with Crippen molar-refractivity contribution in [1.29, 1.82) is 0 Å². The number of rotatable bonds is 1. The maximum absolute atomic E-state index is 5.33. The SMILES string of the molecule is NNc1ccc2ccn[c]([SnH])c2c1. The van der Waals surface area contributed by atoms with Crippen LogP contribution in [0, 0.1) is 0 Å². The Morgan fingerprint density at radius 3 is 2.92 bits per heavy atom. The van der Waals surface area contributed by atoms with E-state index in [4.69, 9.17) is 5.84 Å². The van der Waals surface area contributed by atoms with Crippen LogP contribution in [0.1, 0.15) is 0 Å². The summed E-state index contributed by atoms with van der Waals surface area (Å²) in [6, 6.07) is 8.05. The minimum absolute atomic E-state index is 0.927. The molecule has 2 rings (SSSR count). The van der Waals surface area contributed by atoms with Crippen molar-refractivity contribution < 1.29 is 0 Å². The molecule has 0 aliphatic rings. The zero-order chi connectivity index (χ0) is 9.26. The maximum atomic E-state index is 5.33. The third kappa shape index (κ3) is 1.61. The summed E-state index contributed by atoms with van der Waals surface area (Å²) in [6.07, 6.45) is 1.85. The van der Waals surface area contributed by atoms with Crippen LogP contribution in [0.5, 0.6) is 0 Å². The fourth-order valence-electron chi connectivity index (χ4n) is 1.28. The normalized spacial score (nSPS) is 10.3. The van der Waals surface area contributed by atoms with Crippen LogP contribution in [0.3, 0.4) is 0 Å². The molecule has 2 aromatic rings. The molecule has 0 atom stereocenters. The summed E-state index contributed by atoms with van der Waals surface area (Å²) >= 11 is 1.02. The number of benzene rings is 1. The molecule has 13 heavy (non-hydrogen) atoms. The van der Waals surface area contributed by atoms with E-state index in [1.165, 1.54) is 10.8 Å². The number of hydrogen-bond donors (Lipinski definition) is 2. The fraction of sp³-hybridized carbons (Fsp3) is 0. The third-order valence-electron chi connectivity index (χ3n) is 1.96. The van der Waals surface area contributed by atoms with Crippen LogP contribution >= 0.6 is 0 Å². The van der Waals surface area contributed by atoms with Crippen molar-refractivity contribution in [3.05, 3.63) is 30.5 Å². The first-order valence-electron chi connectivity index (χ1n) is 3.92. The third-order valence-corrected chi connectivity index (χ3v) is 3.28. The summed E-state index contributed by atoms with van der Waals surface area (Å²) in [6.45, 7) is 0. The molecule has 0 saturated heterocycles. The second kappa shape index (κ2) is 3.51. The van der Waals surface area contributed by atoms with E-state index in [0.717, 1.165) is 31.9 Å². The Labute approximate surface area is 89.4 Å². The zero-order valence-corrected chi connectivity index (χ0v) is 10.3. The number of nitrogens with one attached hydrogen (secondary N) is 1. The van der Waals surface area contributed by atoms with Crippen LogP contribution in [-0.4, -0.2) is 27.5 Å². The molecule has 0 amide bonds. The summed E-state index contributed by atoms with van der Waals surface area (Å²) in [7, 11) is 0. The Bertz CT molecular complexity index is 442. The number of hydrazine groups is 1. The molecule has 3 N–H and O–H groups in total. The number of aromatic nitrogens is 1. The van der Waals surface area contributed by atoms with Gasteiger partial charge in [-0.25, -0.2) is 0 Å². The van der Waals surface area contributed by atoms with Crippen molar-refractivity contribution in [2.24, 2.45) is 5.84 Å². The molecule has 64 valence electrons. The molecule has 0 saturated carbocycles. The van der Waals surface area contributed by atoms with Crippen LogP contribution in [0.15, 0.2) is 30.5 Å². The molecule has 0 aliphatic heterocycles. The van der Waals surface area contributed by atoms with Gasteiger partial charge in [0.2, 0.25) is 0 Å². The molecule has 2 radical (unpaired) electrons. The van der Waals surface area contributed by atoms with E-state index < -0.39 is 0 Å². The first-order chi connectivity index (χ1) is 6.31. The van der Waals surface area contributed by atoms with Gasteiger partial charge in [-0.1, -0.05) is 0 Å². The van der Waals surface area contributed by atoms with Crippen molar-refractivity contribution >= 4 is 42.7 Å². The standard InChI is InChI=1S/C9H8N3.Sn.H/c10-12-9-2-1-7-3-4-11-6-8(7)5-9;;/h1-5,12H,10H2;;. The number of nitrogens with zero attached hydrogens (tertiary/aromatic N) is 1. The molecule has 4 heteroatoms. The number of pyridine rings is 1. The van der Waals surface area contributed by atoms with Gasteiger partial charge in [0, 0.05) is 0 Å². The van der Waals surface area contributed by atoms with Gasteiger partial charge in [-0.2, -0.15) is 0 Å². The van der Waals surface area contributed by atoms with E-state index in [1.807, 2.05) is 30.5 Å². The molecular formula is C9H9N3Sn. The van der Waals surface area contributed by atoms with Gasteiger partial charge in [-0.05, 0) is 0 Å². The van der Waals surface area contributed by atoms with Gasteiger partial charge in [-0.3, -0.25) is 0 Å². The second-order valence-electron chi connectivity index (χ2n) is 2.78. The van der Waals surface area contributed by atoms with Crippen molar-refractivity contribution in [3.8, 4) is 0 Å². The Kier molecular flexibility index (Phi) is 2.37. The van der Waals surface area contributed by atoms with Crippen molar-refractivity contribution in [2.75, 3.05) is 5.43 Å². The molecule has 0 spiro atoms. The Morgan fingerprint density at radius 2 is 2.15 bits per heavy atom. The summed E-state index contributed by atoms with van der Waals surface area (Å²) in [5.41, 5.74) is 3.56. The Hall–Kier alpha value is -0.811. The number of hydrogen-bond acceptors (Lipinski definition) is 3. The van der Waals surface area contributed by atoms with Crippen LogP contribution in [-0.2, 0) is 0 Å². The van der Waals surface area contributed by atoms with E-state index in [1.54, 1.807) is 0 Å². The summed E-state index contributed by atoms with van der Waals surface area (Å²) < 4.78 is 1.15. The molecule has 1 aromatic carbocycles. The topological polar surface area (TPSA) is 50.9 Å². The minimum atomic E-state index is 0.927. The van der Waals surface area contributed by atoms with Gasteiger partial charge in [-0.15, -0.1) is 0 Å². The summed E-state index contributed by atoms with van der Waals surface area (Å²) in [5.74, 6) is 5.33. The predicted molar refractivity (Wildman–Crippen MR) is 56.3 cm³/mol. The van der Waals surface area contributed by atoms with E-state index >= 15 is 0 Å². The van der Waals surface area contributed by atoms with E-state index in [9.17, 15) is 0 Å². The van der Waals surface area contributed by atoms with Crippen LogP contribution < -0.4 is 15.0 Å². The van der Waals surface area contributed by atoms with Gasteiger partial charge in [0.05, 0.1) is 0 Å². The van der Waals surface area contributed by atoms with Crippen LogP contribution in [0.2, 0.25) is 0 Å². The number of nitrogen functional groups attached to an aromatic ring is 1. The number of fused-ring (bicyclic) bond motifs is 1. The van der Waals surface area contributed by atoms with Gasteiger partial charge in [0.1, 0.15) is 0 Å². The molecule has 3 nitrogen and oxygen atoms in total. The summed E-state index contributed by atoms with van der Waals surface area (Å²) in [4.78, 5) is 4.27. The quantitative estimate of drug-likeness (QED) is 0.440. The van der Waals surface area contributed by atoms with Gasteiger partial charge < -0.3 is 0 Å². The van der Waals surface area contributed by atoms with Gasteiger partial charge >= 0.3 is 89.4 Å². The van der Waals surface area contributed by atoms with E-state index in [2.05, 4.69) is 10.4 Å². The van der Waals surface area contributed by atoms with Crippen LogP contribution in [0.4, 0.5) is 5.69 Å². The first kappa shape index (κ1) is 8.77. The fourth-order valence-corrected chi connectivity index (χ4v) is 2.24. The number of nitrogens with two attached hydrogens (primary N) is 1. The monoisotopic (exact) mass is 279 g/mol. The first-order valence-corrected chi connectivity index (χ1v) is 5.57. The zero-order valence-electron chi connectivity index (χ0n) is 6.99. The Balaban J connectivity index is 2.74. The van der Waals surface area contributed by atoms with E-state index in [-0.39, 0.29) is 0 Å². The average molecular weight is 278 g/mol. The van der Waals surface area contributed by atoms with Crippen molar-refractivity contribution in [1.82, 2.24) is 4.98 Å². The molecule has 0 fully saturated rings. The predicted octanol–water partition coefficient (Wildman–Crippen LogP) is 0.0465. The molecule has 0 aliphatic carbocycles. The Morgan fingerprint density at radius 1 is 1.31 bits per heavy atom. The molecule has 1 heterocycles. The second-order valence-corrected chi connectivity index (χ2v) is 4.34. The molecule has 0 bridgehead atoms. The molecule has 1 aromatic heterocycles. The van der Waals surface area contributed by atoms with Crippen molar-refractivity contribution in [3.63, 3.8) is 0 Å². The van der Waals surface area contributed by atoms with Gasteiger partial charge in [0.25, 0.3) is 0 Å². The van der Waals surface area contributed by atoms with Crippen molar-refractivity contribution in [2.45, 2.75) is 0 Å². The van der Waals surface area contributed by atoms with Crippen LogP contribution in [0.25, 0.3) is 10.8 Å². The van der Waals surface area contributed by atoms with E-state index in [0.29, 0.717) is 0 Å². The number of anilines is 1. The average Bonchev–Trinajstić information content (AvgIpc) is 2.18. The van der Waals surface area contributed by atoms with Gasteiger partial charge in [0.15, 0.2) is 0 Å².